The molecular weight excluding hydrogens is 339 g/mol. The lowest BCUT2D eigenvalue weighted by molar-refractivity contribution is -0.145. The van der Waals surface area contributed by atoms with E-state index in [2.05, 4.69) is 4.98 Å². The highest BCUT2D eigenvalue weighted by atomic mass is 35.5. The van der Waals surface area contributed by atoms with E-state index < -0.39 is 35.6 Å². The third-order valence-corrected chi connectivity index (χ3v) is 3.73. The molecule has 0 aromatic carbocycles. The fourth-order valence-corrected chi connectivity index (χ4v) is 2.84. The van der Waals surface area contributed by atoms with Gasteiger partial charge in [-0.05, 0) is 26.8 Å². The monoisotopic (exact) mass is 358 g/mol. The predicted octanol–water partition coefficient (Wildman–Crippen LogP) is 3.49. The van der Waals surface area contributed by atoms with Gasteiger partial charge in [0.15, 0.2) is 0 Å². The van der Waals surface area contributed by atoms with Crippen LogP contribution >= 0.6 is 11.6 Å². The third kappa shape index (κ3) is 4.56. The molecular formula is C16H20ClFN2O4. The zero-order valence-corrected chi connectivity index (χ0v) is 14.8. The van der Waals surface area contributed by atoms with Crippen molar-refractivity contribution >= 4 is 23.7 Å². The van der Waals surface area contributed by atoms with Crippen LogP contribution in [0.15, 0.2) is 12.3 Å². The lowest BCUT2D eigenvalue weighted by Crippen LogP contribution is -2.37. The second kappa shape index (κ2) is 6.93. The van der Waals surface area contributed by atoms with Crippen molar-refractivity contribution < 1.29 is 23.5 Å². The highest BCUT2D eigenvalue weighted by Gasteiger charge is 2.41. The standard InChI is InChI=1S/C16H20ClFN2O4/c1-9(21)23-11-6-13(12-5-10(18)7-19-14(12)17)20(8-11)15(22)24-16(2,3)4/h5,7,11,13H,6,8H2,1-4H3/t11?,13-/m1/s1. The first-order chi connectivity index (χ1) is 11.1. The van der Waals surface area contributed by atoms with Crippen molar-refractivity contribution in [3.8, 4) is 0 Å². The summed E-state index contributed by atoms with van der Waals surface area (Å²) in [6.45, 7) is 6.68. The maximum absolute atomic E-state index is 13.6. The Bertz CT molecular complexity index is 647. The molecule has 2 rings (SSSR count). The Labute approximate surface area is 144 Å². The van der Waals surface area contributed by atoms with Gasteiger partial charge in [0.2, 0.25) is 0 Å². The second-order valence-corrected chi connectivity index (χ2v) is 7.01. The highest BCUT2D eigenvalue weighted by Crippen LogP contribution is 2.37. The number of hydrogen-bond donors (Lipinski definition) is 0. The number of halogens is 2. The van der Waals surface area contributed by atoms with Crippen LogP contribution in [-0.4, -0.2) is 40.2 Å². The number of nitrogens with zero attached hydrogens (tertiary/aromatic N) is 2. The maximum Gasteiger partial charge on any atom is 0.410 e. The van der Waals surface area contributed by atoms with Crippen LogP contribution in [0.3, 0.4) is 0 Å². The first kappa shape index (κ1) is 18.4. The molecule has 0 spiro atoms. The van der Waals surface area contributed by atoms with Gasteiger partial charge in [-0.1, -0.05) is 11.6 Å². The molecule has 0 bridgehead atoms. The molecule has 8 heteroatoms. The summed E-state index contributed by atoms with van der Waals surface area (Å²) < 4.78 is 24.1. The van der Waals surface area contributed by atoms with E-state index in [9.17, 15) is 14.0 Å². The molecule has 1 fully saturated rings. The van der Waals surface area contributed by atoms with Crippen LogP contribution in [0.2, 0.25) is 5.15 Å². The summed E-state index contributed by atoms with van der Waals surface area (Å²) in [5.41, 5.74) is -0.331. The smallest absolute Gasteiger partial charge is 0.410 e. The average Bonchev–Trinajstić information content (AvgIpc) is 2.82. The van der Waals surface area contributed by atoms with Crippen molar-refractivity contribution in [3.05, 3.63) is 28.8 Å². The minimum absolute atomic E-state index is 0.0958. The molecule has 1 amide bonds. The van der Waals surface area contributed by atoms with E-state index >= 15 is 0 Å². The van der Waals surface area contributed by atoms with Gasteiger partial charge in [0.25, 0.3) is 0 Å². The molecule has 0 saturated carbocycles. The lowest BCUT2D eigenvalue weighted by Gasteiger charge is -2.28. The first-order valence-corrected chi connectivity index (χ1v) is 7.92. The van der Waals surface area contributed by atoms with Crippen molar-refractivity contribution in [2.75, 3.05) is 6.54 Å². The SMILES string of the molecule is CC(=O)OC1C[C@H](c2cc(F)cnc2Cl)N(C(=O)OC(C)(C)C)C1. The number of pyridine rings is 1. The molecule has 0 N–H and O–H groups in total. The van der Waals surface area contributed by atoms with Gasteiger partial charge in [-0.15, -0.1) is 0 Å². The van der Waals surface area contributed by atoms with Gasteiger partial charge in [-0.2, -0.15) is 0 Å². The van der Waals surface area contributed by atoms with E-state index in [1.165, 1.54) is 17.9 Å². The predicted molar refractivity (Wildman–Crippen MR) is 85.1 cm³/mol. The minimum Gasteiger partial charge on any atom is -0.461 e. The molecule has 6 nitrogen and oxygen atoms in total. The van der Waals surface area contributed by atoms with Crippen molar-refractivity contribution in [1.82, 2.24) is 9.88 Å². The van der Waals surface area contributed by atoms with Crippen molar-refractivity contribution in [2.45, 2.75) is 51.9 Å². The van der Waals surface area contributed by atoms with Gasteiger partial charge >= 0.3 is 12.1 Å². The fourth-order valence-electron chi connectivity index (χ4n) is 2.61. The number of hydrogen-bond acceptors (Lipinski definition) is 5. The highest BCUT2D eigenvalue weighted by molar-refractivity contribution is 6.30. The molecule has 24 heavy (non-hydrogen) atoms. The number of rotatable bonds is 2. The van der Waals surface area contributed by atoms with Crippen LogP contribution in [0.25, 0.3) is 0 Å². The molecule has 1 aliphatic rings. The molecule has 0 aliphatic carbocycles. The molecule has 132 valence electrons. The van der Waals surface area contributed by atoms with E-state index in [1.54, 1.807) is 20.8 Å². The van der Waals surface area contributed by atoms with E-state index in [-0.39, 0.29) is 11.7 Å². The average molecular weight is 359 g/mol. The Hall–Kier alpha value is -1.89. The third-order valence-electron chi connectivity index (χ3n) is 3.42. The van der Waals surface area contributed by atoms with Gasteiger partial charge in [-0.25, -0.2) is 14.2 Å². The van der Waals surface area contributed by atoms with Crippen molar-refractivity contribution in [3.63, 3.8) is 0 Å². The van der Waals surface area contributed by atoms with Crippen LogP contribution in [0, 0.1) is 5.82 Å². The molecule has 0 radical (unpaired) electrons. The molecule has 1 unspecified atom stereocenters. The minimum atomic E-state index is -0.689. The van der Waals surface area contributed by atoms with Gasteiger partial charge in [0.05, 0.1) is 18.8 Å². The Morgan fingerprint density at radius 3 is 2.67 bits per heavy atom. The lowest BCUT2D eigenvalue weighted by atomic mass is 10.1. The van der Waals surface area contributed by atoms with E-state index in [0.29, 0.717) is 12.0 Å². The van der Waals surface area contributed by atoms with E-state index in [4.69, 9.17) is 21.1 Å². The van der Waals surface area contributed by atoms with Gasteiger partial charge in [0.1, 0.15) is 22.7 Å². The Balaban J connectivity index is 2.31. The Morgan fingerprint density at radius 2 is 2.08 bits per heavy atom. The number of amides is 1. The van der Waals surface area contributed by atoms with Crippen LogP contribution in [0.5, 0.6) is 0 Å². The molecule has 1 aliphatic heterocycles. The fraction of sp³-hybridized carbons (Fsp3) is 0.562. The van der Waals surface area contributed by atoms with Crippen LogP contribution in [-0.2, 0) is 14.3 Å². The second-order valence-electron chi connectivity index (χ2n) is 6.65. The summed E-state index contributed by atoms with van der Waals surface area (Å²) in [5, 5.41) is 0.0958. The summed E-state index contributed by atoms with van der Waals surface area (Å²) in [6.07, 6.45) is 0.202. The topological polar surface area (TPSA) is 68.7 Å². The number of carbonyl (C=O) groups is 2. The van der Waals surface area contributed by atoms with Crippen LogP contribution in [0.4, 0.5) is 9.18 Å². The van der Waals surface area contributed by atoms with Gasteiger partial charge in [-0.3, -0.25) is 9.69 Å². The zero-order chi connectivity index (χ0) is 18.1. The number of ether oxygens (including phenoxy) is 2. The van der Waals surface area contributed by atoms with Crippen LogP contribution < -0.4 is 0 Å². The summed E-state index contributed by atoms with van der Waals surface area (Å²) in [4.78, 5) is 28.9. The first-order valence-electron chi connectivity index (χ1n) is 7.54. The Morgan fingerprint density at radius 1 is 1.42 bits per heavy atom. The molecule has 1 aromatic heterocycles. The Kier molecular flexibility index (Phi) is 5.32. The number of carbonyl (C=O) groups excluding carboxylic acids is 2. The normalized spacial score (nSPS) is 20.8. The summed E-state index contributed by atoms with van der Waals surface area (Å²) >= 11 is 6.07. The number of likely N-dealkylation sites (tertiary alicyclic amines) is 1. The quantitative estimate of drug-likeness (QED) is 0.598. The summed E-state index contributed by atoms with van der Waals surface area (Å²) in [5.74, 6) is -1.01. The van der Waals surface area contributed by atoms with Crippen molar-refractivity contribution in [2.24, 2.45) is 0 Å². The largest absolute Gasteiger partial charge is 0.461 e. The van der Waals surface area contributed by atoms with Crippen molar-refractivity contribution in [1.29, 1.82) is 0 Å². The molecule has 2 atom stereocenters. The summed E-state index contributed by atoms with van der Waals surface area (Å²) in [6, 6.07) is 0.646. The maximum atomic E-state index is 13.6. The van der Waals surface area contributed by atoms with Crippen LogP contribution in [0.1, 0.15) is 45.7 Å². The van der Waals surface area contributed by atoms with Gasteiger partial charge < -0.3 is 9.47 Å². The van der Waals surface area contributed by atoms with E-state index in [0.717, 1.165) is 6.20 Å². The summed E-state index contributed by atoms with van der Waals surface area (Å²) in [7, 11) is 0. The molecule has 1 saturated heterocycles. The van der Waals surface area contributed by atoms with E-state index in [1.807, 2.05) is 0 Å². The molecule has 1 aromatic rings. The molecule has 2 heterocycles. The number of esters is 1. The number of aromatic nitrogens is 1. The zero-order valence-electron chi connectivity index (χ0n) is 14.0. The van der Waals surface area contributed by atoms with Gasteiger partial charge in [0, 0.05) is 18.9 Å².